The molecule has 4 unspecified atom stereocenters. The van der Waals surface area contributed by atoms with Crippen molar-refractivity contribution in [2.24, 2.45) is 17.3 Å². The zero-order valence-electron chi connectivity index (χ0n) is 20.1. The van der Waals surface area contributed by atoms with Crippen LogP contribution in [-0.4, -0.2) is 56.0 Å². The van der Waals surface area contributed by atoms with E-state index in [1.54, 1.807) is 7.11 Å². The Labute approximate surface area is 181 Å². The van der Waals surface area contributed by atoms with E-state index >= 15 is 0 Å². The molecule has 2 heterocycles. The van der Waals surface area contributed by atoms with E-state index in [2.05, 4.69) is 13.8 Å². The van der Waals surface area contributed by atoms with Gasteiger partial charge in [0.25, 0.3) is 0 Å². The molecule has 172 valence electrons. The minimum Gasteiger partial charge on any atom is -0.458 e. The fourth-order valence-corrected chi connectivity index (χ4v) is 5.05. The van der Waals surface area contributed by atoms with Gasteiger partial charge in [0.05, 0.1) is 35.7 Å². The van der Waals surface area contributed by atoms with Gasteiger partial charge >= 0.3 is 5.97 Å². The van der Waals surface area contributed by atoms with Crippen LogP contribution in [0.4, 0.5) is 0 Å². The highest BCUT2D eigenvalue weighted by molar-refractivity contribution is 5.88. The van der Waals surface area contributed by atoms with E-state index in [1.807, 2.05) is 40.7 Å². The molecule has 0 saturated carbocycles. The summed E-state index contributed by atoms with van der Waals surface area (Å²) >= 11 is 0. The second-order valence-electron chi connectivity index (χ2n) is 9.85. The summed E-state index contributed by atoms with van der Waals surface area (Å²) in [5.41, 5.74) is -0.164. The van der Waals surface area contributed by atoms with Crippen molar-refractivity contribution in [2.45, 2.75) is 97.7 Å². The molecule has 0 spiro atoms. The number of fused-ring (bicyclic) bond motifs is 1. The zero-order valence-corrected chi connectivity index (χ0v) is 20.1. The first-order valence-corrected chi connectivity index (χ1v) is 11.0. The number of ether oxygens (including phenoxy) is 4. The minimum absolute atomic E-state index is 0.00812. The van der Waals surface area contributed by atoms with Crippen LogP contribution >= 0.6 is 0 Å². The fourth-order valence-electron chi connectivity index (χ4n) is 5.05. The highest BCUT2D eigenvalue weighted by atomic mass is 16.6. The second kappa shape index (κ2) is 9.49. The highest BCUT2D eigenvalue weighted by Gasteiger charge is 2.55. The van der Waals surface area contributed by atoms with Crippen LogP contribution in [0.1, 0.15) is 67.7 Å². The summed E-state index contributed by atoms with van der Waals surface area (Å²) in [6, 6.07) is 0. The summed E-state index contributed by atoms with van der Waals surface area (Å²) in [6.07, 6.45) is 2.23. The Hall–Kier alpha value is -1.24. The van der Waals surface area contributed by atoms with Crippen LogP contribution in [0.25, 0.3) is 0 Å². The van der Waals surface area contributed by atoms with Gasteiger partial charge in [0.1, 0.15) is 11.9 Å². The van der Waals surface area contributed by atoms with E-state index in [4.69, 9.17) is 18.9 Å². The quantitative estimate of drug-likeness (QED) is 0.386. The summed E-state index contributed by atoms with van der Waals surface area (Å²) in [5, 5.41) is 0. The van der Waals surface area contributed by atoms with Gasteiger partial charge in [-0.3, -0.25) is 9.59 Å². The van der Waals surface area contributed by atoms with Crippen molar-refractivity contribution in [1.82, 2.24) is 0 Å². The molecule has 0 aromatic rings. The SMILES string of the molecule is C/C=C(\C)[C@@H]1CC2OC2(C)C[C@H](C)C(OC)[C@@H](C)C(=O)C(C)(C)C(OC)CC(=O)O1. The molecule has 2 aliphatic rings. The number of hydrogen-bond donors (Lipinski definition) is 0. The largest absolute Gasteiger partial charge is 0.458 e. The number of rotatable bonds is 3. The molecule has 0 aliphatic carbocycles. The molecule has 0 aromatic carbocycles. The van der Waals surface area contributed by atoms with Gasteiger partial charge in [-0.2, -0.15) is 0 Å². The lowest BCUT2D eigenvalue weighted by atomic mass is 9.72. The smallest absolute Gasteiger partial charge is 0.309 e. The Bertz CT molecular complexity index is 669. The molecular weight excluding hydrogens is 384 g/mol. The minimum atomic E-state index is -0.860. The van der Waals surface area contributed by atoms with E-state index in [0.29, 0.717) is 6.42 Å². The van der Waals surface area contributed by atoms with Gasteiger partial charge in [-0.1, -0.05) is 33.8 Å². The lowest BCUT2D eigenvalue weighted by Gasteiger charge is -2.37. The number of cyclic esters (lactones) is 1. The molecule has 2 fully saturated rings. The second-order valence-corrected chi connectivity index (χ2v) is 9.85. The van der Waals surface area contributed by atoms with E-state index in [9.17, 15) is 9.59 Å². The Morgan fingerprint density at radius 2 is 1.77 bits per heavy atom. The van der Waals surface area contributed by atoms with Crippen molar-refractivity contribution in [3.8, 4) is 0 Å². The summed E-state index contributed by atoms with van der Waals surface area (Å²) in [5.74, 6) is -0.543. The van der Waals surface area contributed by atoms with Crippen LogP contribution in [0.2, 0.25) is 0 Å². The third-order valence-corrected chi connectivity index (χ3v) is 7.24. The molecule has 0 N–H and O–H groups in total. The Morgan fingerprint density at radius 3 is 2.30 bits per heavy atom. The van der Waals surface area contributed by atoms with Crippen molar-refractivity contribution >= 4 is 11.8 Å². The Balaban J connectivity index is 2.40. The zero-order chi connectivity index (χ0) is 22.9. The summed E-state index contributed by atoms with van der Waals surface area (Å²) < 4.78 is 23.3. The first-order chi connectivity index (χ1) is 13.9. The van der Waals surface area contributed by atoms with Crippen molar-refractivity contribution in [3.63, 3.8) is 0 Å². The fraction of sp³-hybridized carbons (Fsp3) is 0.833. The number of epoxide rings is 1. The van der Waals surface area contributed by atoms with Crippen LogP contribution in [0.5, 0.6) is 0 Å². The Kier molecular flexibility index (Phi) is 7.92. The van der Waals surface area contributed by atoms with Crippen LogP contribution in [-0.2, 0) is 28.5 Å². The molecule has 6 nitrogen and oxygen atoms in total. The van der Waals surface area contributed by atoms with Gasteiger partial charge in [0.2, 0.25) is 0 Å². The van der Waals surface area contributed by atoms with Crippen LogP contribution < -0.4 is 0 Å². The van der Waals surface area contributed by atoms with E-state index in [0.717, 1.165) is 12.0 Å². The standard InChI is InChI=1S/C24H40O6/c1-10-14(2)17-11-19-24(7,30-19)13-15(3)21(28-9)16(4)22(26)23(5,6)18(27-8)12-20(25)29-17/h10,15-19,21H,11-13H2,1-9H3/b14-10+/t15-,16+,17-,18?,19?,21?,24?/m0/s1. The number of methoxy groups -OCH3 is 2. The molecular formula is C24H40O6. The van der Waals surface area contributed by atoms with Gasteiger partial charge in [0, 0.05) is 26.6 Å². The number of ketones is 1. The van der Waals surface area contributed by atoms with E-state index in [-0.39, 0.29) is 53.9 Å². The first kappa shape index (κ1) is 25.0. The van der Waals surface area contributed by atoms with Gasteiger partial charge < -0.3 is 18.9 Å². The molecule has 0 aromatic heterocycles. The molecule has 2 aliphatic heterocycles. The monoisotopic (exact) mass is 424 g/mol. The molecule has 30 heavy (non-hydrogen) atoms. The lowest BCUT2D eigenvalue weighted by Crippen LogP contribution is -2.47. The van der Waals surface area contributed by atoms with E-state index in [1.165, 1.54) is 7.11 Å². The highest BCUT2D eigenvalue weighted by Crippen LogP contribution is 2.47. The molecule has 0 bridgehead atoms. The summed E-state index contributed by atoms with van der Waals surface area (Å²) in [6.45, 7) is 13.7. The van der Waals surface area contributed by atoms with Crippen molar-refractivity contribution in [1.29, 1.82) is 0 Å². The van der Waals surface area contributed by atoms with Gasteiger partial charge in [-0.25, -0.2) is 0 Å². The number of Topliss-reactive ketones (excluding diaryl/α,β-unsaturated/α-hetero) is 1. The average molecular weight is 425 g/mol. The van der Waals surface area contributed by atoms with Crippen molar-refractivity contribution in [3.05, 3.63) is 11.6 Å². The third-order valence-electron chi connectivity index (χ3n) is 7.24. The Morgan fingerprint density at radius 1 is 1.13 bits per heavy atom. The molecule has 6 heteroatoms. The maximum atomic E-state index is 13.5. The lowest BCUT2D eigenvalue weighted by molar-refractivity contribution is -0.156. The van der Waals surface area contributed by atoms with Crippen molar-refractivity contribution in [2.75, 3.05) is 14.2 Å². The summed E-state index contributed by atoms with van der Waals surface area (Å²) in [7, 11) is 3.20. The summed E-state index contributed by atoms with van der Waals surface area (Å²) in [4.78, 5) is 26.3. The van der Waals surface area contributed by atoms with Crippen LogP contribution in [0, 0.1) is 17.3 Å². The average Bonchev–Trinajstić information content (AvgIpc) is 3.31. The predicted molar refractivity (Wildman–Crippen MR) is 115 cm³/mol. The van der Waals surface area contributed by atoms with Gasteiger partial charge in [-0.05, 0) is 38.7 Å². The number of hydrogen-bond acceptors (Lipinski definition) is 6. The molecule has 0 radical (unpaired) electrons. The van der Waals surface area contributed by atoms with E-state index < -0.39 is 11.5 Å². The van der Waals surface area contributed by atoms with Crippen molar-refractivity contribution < 1.29 is 28.5 Å². The third kappa shape index (κ3) is 5.14. The first-order valence-electron chi connectivity index (χ1n) is 11.0. The van der Waals surface area contributed by atoms with Crippen LogP contribution in [0.15, 0.2) is 11.6 Å². The number of esters is 1. The number of allylic oxidation sites excluding steroid dienone is 1. The molecule has 0 amide bonds. The van der Waals surface area contributed by atoms with Crippen LogP contribution in [0.3, 0.4) is 0 Å². The number of carbonyl (C=O) groups excluding carboxylic acids is 2. The topological polar surface area (TPSA) is 74.4 Å². The maximum Gasteiger partial charge on any atom is 0.309 e. The number of carbonyl (C=O) groups is 2. The normalized spacial score (nSPS) is 40.9. The van der Waals surface area contributed by atoms with Gasteiger partial charge in [-0.15, -0.1) is 0 Å². The molecule has 2 rings (SSSR count). The predicted octanol–water partition coefficient (Wildman–Crippen LogP) is 4.10. The molecule has 7 atom stereocenters. The molecule has 2 saturated heterocycles. The van der Waals surface area contributed by atoms with Gasteiger partial charge in [0.15, 0.2) is 0 Å². The maximum absolute atomic E-state index is 13.5.